The van der Waals surface area contributed by atoms with E-state index in [0.717, 1.165) is 35.4 Å². The van der Waals surface area contributed by atoms with Gasteiger partial charge in [-0.25, -0.2) is 0 Å². The molecular formula is C19H16F3N3O2. The van der Waals surface area contributed by atoms with Crippen molar-refractivity contribution in [1.29, 1.82) is 0 Å². The van der Waals surface area contributed by atoms with Crippen molar-refractivity contribution in [3.8, 4) is 11.5 Å². The van der Waals surface area contributed by atoms with Crippen LogP contribution in [0.1, 0.15) is 27.4 Å². The number of rotatable bonds is 5. The fourth-order valence-electron chi connectivity index (χ4n) is 2.47. The van der Waals surface area contributed by atoms with E-state index in [1.54, 1.807) is 0 Å². The highest BCUT2D eigenvalue weighted by Gasteiger charge is 2.30. The Morgan fingerprint density at radius 2 is 1.78 bits per heavy atom. The average Bonchev–Trinajstić information content (AvgIpc) is 3.10. The lowest BCUT2D eigenvalue weighted by molar-refractivity contribution is -0.137. The first-order valence-electron chi connectivity index (χ1n) is 8.18. The number of hydrogen-bond acceptors (Lipinski definition) is 4. The van der Waals surface area contributed by atoms with Crippen LogP contribution in [0.2, 0.25) is 0 Å². The van der Waals surface area contributed by atoms with Crippen molar-refractivity contribution in [3.05, 3.63) is 71.1 Å². The van der Waals surface area contributed by atoms with Gasteiger partial charge in [-0.1, -0.05) is 18.2 Å². The van der Waals surface area contributed by atoms with Crippen LogP contribution in [0.15, 0.2) is 52.9 Å². The Labute approximate surface area is 153 Å². The molecule has 1 N–H and O–H groups in total. The van der Waals surface area contributed by atoms with Gasteiger partial charge in [-0.2, -0.15) is 13.2 Å². The summed E-state index contributed by atoms with van der Waals surface area (Å²) in [6.07, 6.45) is -4.12. The molecule has 0 aliphatic carbocycles. The maximum Gasteiger partial charge on any atom is 0.416 e. The van der Waals surface area contributed by atoms with Crippen LogP contribution in [0.25, 0.3) is 11.5 Å². The Hall–Kier alpha value is -3.16. The number of aromatic nitrogens is 2. The van der Waals surface area contributed by atoms with Gasteiger partial charge in [0.05, 0.1) is 5.56 Å². The van der Waals surface area contributed by atoms with Crippen LogP contribution in [0.5, 0.6) is 0 Å². The normalized spacial score (nSPS) is 11.4. The zero-order chi connectivity index (χ0) is 19.4. The van der Waals surface area contributed by atoms with Crippen molar-refractivity contribution in [2.75, 3.05) is 6.54 Å². The van der Waals surface area contributed by atoms with Crippen molar-refractivity contribution in [1.82, 2.24) is 15.5 Å². The van der Waals surface area contributed by atoms with Crippen LogP contribution in [-0.2, 0) is 12.6 Å². The second-order valence-electron chi connectivity index (χ2n) is 5.90. The van der Waals surface area contributed by atoms with Gasteiger partial charge in [-0.05, 0) is 42.8 Å². The van der Waals surface area contributed by atoms with E-state index in [-0.39, 0.29) is 12.1 Å². The Kier molecular flexibility index (Phi) is 5.25. The van der Waals surface area contributed by atoms with Crippen molar-refractivity contribution in [2.24, 2.45) is 0 Å². The molecule has 0 unspecified atom stereocenters. The standard InChI is InChI=1S/C19H16F3N3O2/c1-12-4-2-3-5-15(12)18-25-24-16(27-18)10-11-23-17(26)13-6-8-14(9-7-13)19(20,21)22/h2-9H,10-11H2,1H3,(H,23,26). The number of nitrogens with zero attached hydrogens (tertiary/aromatic N) is 2. The van der Waals surface area contributed by atoms with Gasteiger partial charge in [-0.3, -0.25) is 4.79 Å². The van der Waals surface area contributed by atoms with Crippen LogP contribution in [0, 0.1) is 6.92 Å². The van der Waals surface area contributed by atoms with E-state index >= 15 is 0 Å². The number of carbonyl (C=O) groups excluding carboxylic acids is 1. The fraction of sp³-hybridized carbons (Fsp3) is 0.211. The summed E-state index contributed by atoms with van der Waals surface area (Å²) in [6, 6.07) is 11.6. The van der Waals surface area contributed by atoms with Gasteiger partial charge in [0.25, 0.3) is 5.91 Å². The summed E-state index contributed by atoms with van der Waals surface area (Å²) in [5, 5.41) is 10.6. The number of benzene rings is 2. The molecule has 3 aromatic rings. The van der Waals surface area contributed by atoms with E-state index in [1.807, 2.05) is 31.2 Å². The SMILES string of the molecule is Cc1ccccc1-c1nnc(CCNC(=O)c2ccc(C(F)(F)F)cc2)o1. The summed E-state index contributed by atoms with van der Waals surface area (Å²) in [5.41, 5.74) is 1.19. The number of carbonyl (C=O) groups is 1. The zero-order valence-corrected chi connectivity index (χ0v) is 14.4. The highest BCUT2D eigenvalue weighted by atomic mass is 19.4. The molecule has 0 fully saturated rings. The second-order valence-corrected chi connectivity index (χ2v) is 5.90. The van der Waals surface area contributed by atoms with Crippen LogP contribution < -0.4 is 5.32 Å². The van der Waals surface area contributed by atoms with Crippen molar-refractivity contribution < 1.29 is 22.4 Å². The number of amides is 1. The highest BCUT2D eigenvalue weighted by molar-refractivity contribution is 5.94. The molecule has 0 aliphatic heterocycles. The minimum atomic E-state index is -4.43. The first-order chi connectivity index (χ1) is 12.8. The Bertz CT molecular complexity index is 934. The van der Waals surface area contributed by atoms with Gasteiger partial charge in [0.1, 0.15) is 0 Å². The topological polar surface area (TPSA) is 68.0 Å². The van der Waals surface area contributed by atoms with Gasteiger partial charge in [0.15, 0.2) is 0 Å². The third-order valence-corrected chi connectivity index (χ3v) is 3.94. The van der Waals surface area contributed by atoms with Gasteiger partial charge in [0, 0.05) is 24.1 Å². The monoisotopic (exact) mass is 375 g/mol. The largest absolute Gasteiger partial charge is 0.421 e. The predicted octanol–water partition coefficient (Wildman–Crippen LogP) is 4.04. The van der Waals surface area contributed by atoms with E-state index in [0.29, 0.717) is 18.2 Å². The third-order valence-electron chi connectivity index (χ3n) is 3.94. The summed E-state index contributed by atoms with van der Waals surface area (Å²) >= 11 is 0. The van der Waals surface area contributed by atoms with Crippen molar-refractivity contribution in [3.63, 3.8) is 0 Å². The van der Waals surface area contributed by atoms with Gasteiger partial charge in [0.2, 0.25) is 11.8 Å². The summed E-state index contributed by atoms with van der Waals surface area (Å²) in [7, 11) is 0. The predicted molar refractivity (Wildman–Crippen MR) is 92.0 cm³/mol. The molecule has 0 aliphatic rings. The lowest BCUT2D eigenvalue weighted by atomic mass is 10.1. The van der Waals surface area contributed by atoms with Crippen LogP contribution in [-0.4, -0.2) is 22.6 Å². The average molecular weight is 375 g/mol. The van der Waals surface area contributed by atoms with Crippen molar-refractivity contribution >= 4 is 5.91 Å². The lowest BCUT2D eigenvalue weighted by Gasteiger charge is -2.07. The molecule has 3 rings (SSSR count). The Morgan fingerprint density at radius 1 is 1.07 bits per heavy atom. The Morgan fingerprint density at radius 3 is 2.44 bits per heavy atom. The molecule has 8 heteroatoms. The highest BCUT2D eigenvalue weighted by Crippen LogP contribution is 2.29. The van der Waals surface area contributed by atoms with Gasteiger partial charge >= 0.3 is 6.18 Å². The summed E-state index contributed by atoms with van der Waals surface area (Å²) in [4.78, 5) is 12.0. The molecular weight excluding hydrogens is 359 g/mol. The van der Waals surface area contributed by atoms with E-state index in [1.165, 1.54) is 0 Å². The first-order valence-corrected chi connectivity index (χ1v) is 8.18. The lowest BCUT2D eigenvalue weighted by Crippen LogP contribution is -2.25. The maximum absolute atomic E-state index is 12.5. The molecule has 0 bridgehead atoms. The third kappa shape index (κ3) is 4.52. The van der Waals surface area contributed by atoms with E-state index in [4.69, 9.17) is 4.42 Å². The summed E-state index contributed by atoms with van der Waals surface area (Å²) in [5.74, 6) is 0.292. The quantitative estimate of drug-likeness (QED) is 0.731. The van der Waals surface area contributed by atoms with Crippen LogP contribution in [0.3, 0.4) is 0 Å². The summed E-state index contributed by atoms with van der Waals surface area (Å²) < 4.78 is 43.2. The Balaban J connectivity index is 1.56. The number of halogens is 3. The van der Waals surface area contributed by atoms with E-state index < -0.39 is 17.6 Å². The molecule has 0 saturated heterocycles. The molecule has 27 heavy (non-hydrogen) atoms. The minimum absolute atomic E-state index is 0.147. The molecule has 0 saturated carbocycles. The molecule has 1 amide bonds. The molecule has 1 heterocycles. The van der Waals surface area contributed by atoms with E-state index in [9.17, 15) is 18.0 Å². The molecule has 2 aromatic carbocycles. The summed E-state index contributed by atoms with van der Waals surface area (Å²) in [6.45, 7) is 2.15. The fourth-order valence-corrected chi connectivity index (χ4v) is 2.47. The van der Waals surface area contributed by atoms with Crippen molar-refractivity contribution in [2.45, 2.75) is 19.5 Å². The smallest absolute Gasteiger partial charge is 0.416 e. The number of alkyl halides is 3. The number of nitrogens with one attached hydrogen (secondary N) is 1. The molecule has 1 aromatic heterocycles. The first kappa shape index (κ1) is 18.6. The minimum Gasteiger partial charge on any atom is -0.421 e. The van der Waals surface area contributed by atoms with Crippen LogP contribution in [0.4, 0.5) is 13.2 Å². The second kappa shape index (κ2) is 7.61. The number of aryl methyl sites for hydroxylation is 1. The molecule has 0 spiro atoms. The molecule has 0 atom stereocenters. The van der Waals surface area contributed by atoms with Gasteiger partial charge < -0.3 is 9.73 Å². The van der Waals surface area contributed by atoms with Crippen LogP contribution >= 0.6 is 0 Å². The zero-order valence-electron chi connectivity index (χ0n) is 14.4. The number of hydrogen-bond donors (Lipinski definition) is 1. The molecule has 5 nitrogen and oxygen atoms in total. The van der Waals surface area contributed by atoms with Gasteiger partial charge in [-0.15, -0.1) is 10.2 Å². The maximum atomic E-state index is 12.5. The molecule has 140 valence electrons. The molecule has 0 radical (unpaired) electrons. The van der Waals surface area contributed by atoms with E-state index in [2.05, 4.69) is 15.5 Å².